The van der Waals surface area contributed by atoms with Crippen LogP contribution in [0.2, 0.25) is 0 Å². The summed E-state index contributed by atoms with van der Waals surface area (Å²) in [6, 6.07) is 9.64. The molecule has 21 heavy (non-hydrogen) atoms. The van der Waals surface area contributed by atoms with E-state index in [1.165, 1.54) is 36.8 Å². The maximum atomic E-state index is 5.82. The van der Waals surface area contributed by atoms with Gasteiger partial charge in [-0.25, -0.2) is 0 Å². The molecule has 2 heteroatoms. The number of hydrogen-bond acceptors (Lipinski definition) is 2. The predicted octanol–water partition coefficient (Wildman–Crippen LogP) is 4.12. The molecule has 2 rings (SSSR count). The SMILES string of the molecule is CCCNC(Cc1ccc(CC)cc1)CC1(OC)CCC1. The van der Waals surface area contributed by atoms with Crippen LogP contribution in [0.1, 0.15) is 57.1 Å². The zero-order valence-electron chi connectivity index (χ0n) is 14.0. The molecule has 0 saturated heterocycles. The molecule has 0 radical (unpaired) electrons. The number of nitrogens with one attached hydrogen (secondary N) is 1. The van der Waals surface area contributed by atoms with Gasteiger partial charge in [0.1, 0.15) is 0 Å². The van der Waals surface area contributed by atoms with Gasteiger partial charge in [-0.1, -0.05) is 38.1 Å². The van der Waals surface area contributed by atoms with Gasteiger partial charge in [0.25, 0.3) is 0 Å². The van der Waals surface area contributed by atoms with Gasteiger partial charge < -0.3 is 10.1 Å². The van der Waals surface area contributed by atoms with Crippen molar-refractivity contribution in [3.63, 3.8) is 0 Å². The van der Waals surface area contributed by atoms with Crippen LogP contribution < -0.4 is 5.32 Å². The summed E-state index contributed by atoms with van der Waals surface area (Å²) in [5.74, 6) is 0. The number of aryl methyl sites for hydroxylation is 1. The first-order chi connectivity index (χ1) is 10.2. The van der Waals surface area contributed by atoms with Crippen LogP contribution in [0.4, 0.5) is 0 Å². The van der Waals surface area contributed by atoms with E-state index < -0.39 is 0 Å². The first-order valence-corrected chi connectivity index (χ1v) is 8.57. The van der Waals surface area contributed by atoms with Gasteiger partial charge in [-0.15, -0.1) is 0 Å². The average molecular weight is 289 g/mol. The van der Waals surface area contributed by atoms with Gasteiger partial charge in [0, 0.05) is 13.2 Å². The van der Waals surface area contributed by atoms with E-state index in [9.17, 15) is 0 Å². The molecule has 1 saturated carbocycles. The van der Waals surface area contributed by atoms with Gasteiger partial charge in [-0.3, -0.25) is 0 Å². The second kappa shape index (κ2) is 7.95. The topological polar surface area (TPSA) is 21.3 Å². The highest BCUT2D eigenvalue weighted by Gasteiger charge is 2.38. The summed E-state index contributed by atoms with van der Waals surface area (Å²) in [6.07, 6.45) is 8.31. The van der Waals surface area contributed by atoms with Crippen molar-refractivity contribution in [2.45, 2.75) is 70.4 Å². The molecule has 1 N–H and O–H groups in total. The zero-order valence-corrected chi connectivity index (χ0v) is 14.0. The predicted molar refractivity (Wildman–Crippen MR) is 89.8 cm³/mol. The molecule has 1 aliphatic rings. The largest absolute Gasteiger partial charge is 0.378 e. The molecular formula is C19H31NO. The average Bonchev–Trinajstić information content (AvgIpc) is 2.49. The van der Waals surface area contributed by atoms with Crippen LogP contribution in [0.5, 0.6) is 0 Å². The Morgan fingerprint density at radius 1 is 1.14 bits per heavy atom. The Kier molecular flexibility index (Phi) is 6.25. The van der Waals surface area contributed by atoms with Crippen molar-refractivity contribution in [3.05, 3.63) is 35.4 Å². The first-order valence-electron chi connectivity index (χ1n) is 8.57. The third-order valence-corrected chi connectivity index (χ3v) is 4.91. The van der Waals surface area contributed by atoms with Gasteiger partial charge in [-0.05, 0) is 62.6 Å². The molecule has 0 amide bonds. The Morgan fingerprint density at radius 3 is 2.29 bits per heavy atom. The Balaban J connectivity index is 1.97. The Bertz CT molecular complexity index is 403. The van der Waals surface area contributed by atoms with Crippen LogP contribution in [0.25, 0.3) is 0 Å². The van der Waals surface area contributed by atoms with E-state index in [-0.39, 0.29) is 5.60 Å². The van der Waals surface area contributed by atoms with Crippen molar-refractivity contribution in [2.24, 2.45) is 0 Å². The van der Waals surface area contributed by atoms with Crippen molar-refractivity contribution in [1.29, 1.82) is 0 Å². The molecule has 1 aromatic rings. The number of ether oxygens (including phenoxy) is 1. The Morgan fingerprint density at radius 2 is 1.81 bits per heavy atom. The molecule has 0 spiro atoms. The number of rotatable bonds is 9. The lowest BCUT2D eigenvalue weighted by molar-refractivity contribution is -0.0834. The fourth-order valence-electron chi connectivity index (χ4n) is 3.27. The minimum atomic E-state index is 0.148. The van der Waals surface area contributed by atoms with E-state index >= 15 is 0 Å². The van der Waals surface area contributed by atoms with Gasteiger partial charge >= 0.3 is 0 Å². The van der Waals surface area contributed by atoms with E-state index in [0.29, 0.717) is 6.04 Å². The summed E-state index contributed by atoms with van der Waals surface area (Å²) in [5, 5.41) is 3.72. The van der Waals surface area contributed by atoms with Crippen LogP contribution in [-0.4, -0.2) is 25.3 Å². The molecule has 0 bridgehead atoms. The third-order valence-electron chi connectivity index (χ3n) is 4.91. The van der Waals surface area contributed by atoms with E-state index in [2.05, 4.69) is 43.4 Å². The summed E-state index contributed by atoms with van der Waals surface area (Å²) in [5.41, 5.74) is 3.00. The highest BCUT2D eigenvalue weighted by molar-refractivity contribution is 5.23. The lowest BCUT2D eigenvalue weighted by atomic mass is 9.75. The maximum absolute atomic E-state index is 5.82. The van der Waals surface area contributed by atoms with E-state index in [1.54, 1.807) is 0 Å². The Hall–Kier alpha value is -0.860. The minimum Gasteiger partial charge on any atom is -0.378 e. The van der Waals surface area contributed by atoms with E-state index in [4.69, 9.17) is 4.74 Å². The fourth-order valence-corrected chi connectivity index (χ4v) is 3.27. The molecule has 0 aromatic heterocycles. The molecule has 0 heterocycles. The second-order valence-corrected chi connectivity index (χ2v) is 6.47. The molecule has 1 fully saturated rings. The van der Waals surface area contributed by atoms with Crippen LogP contribution in [0.15, 0.2) is 24.3 Å². The minimum absolute atomic E-state index is 0.148. The van der Waals surface area contributed by atoms with Crippen LogP contribution >= 0.6 is 0 Å². The number of methoxy groups -OCH3 is 1. The molecule has 0 aliphatic heterocycles. The van der Waals surface area contributed by atoms with Crippen molar-refractivity contribution >= 4 is 0 Å². The summed E-state index contributed by atoms with van der Waals surface area (Å²) in [6.45, 7) is 5.53. The Labute approximate surface area is 130 Å². The lowest BCUT2D eigenvalue weighted by Crippen LogP contribution is -2.46. The maximum Gasteiger partial charge on any atom is 0.0693 e. The summed E-state index contributed by atoms with van der Waals surface area (Å²) < 4.78 is 5.82. The second-order valence-electron chi connectivity index (χ2n) is 6.47. The van der Waals surface area contributed by atoms with Gasteiger partial charge in [-0.2, -0.15) is 0 Å². The summed E-state index contributed by atoms with van der Waals surface area (Å²) in [7, 11) is 1.88. The highest BCUT2D eigenvalue weighted by atomic mass is 16.5. The highest BCUT2D eigenvalue weighted by Crippen LogP contribution is 2.39. The first kappa shape index (κ1) is 16.5. The van der Waals surface area contributed by atoms with Gasteiger partial charge in [0.2, 0.25) is 0 Å². The van der Waals surface area contributed by atoms with Gasteiger partial charge in [0.05, 0.1) is 5.60 Å². The van der Waals surface area contributed by atoms with E-state index in [0.717, 1.165) is 25.8 Å². The van der Waals surface area contributed by atoms with Crippen LogP contribution in [-0.2, 0) is 17.6 Å². The standard InChI is InChI=1S/C19H31NO/c1-4-13-20-18(15-19(21-3)11-6-12-19)14-17-9-7-16(5-2)8-10-17/h7-10,18,20H,4-6,11-15H2,1-3H3. The smallest absolute Gasteiger partial charge is 0.0693 e. The molecule has 1 atom stereocenters. The molecule has 1 aromatic carbocycles. The van der Waals surface area contributed by atoms with Gasteiger partial charge in [0.15, 0.2) is 0 Å². The van der Waals surface area contributed by atoms with Crippen LogP contribution in [0.3, 0.4) is 0 Å². The zero-order chi connectivity index (χ0) is 15.1. The van der Waals surface area contributed by atoms with Crippen molar-refractivity contribution < 1.29 is 4.74 Å². The summed E-state index contributed by atoms with van der Waals surface area (Å²) >= 11 is 0. The van der Waals surface area contributed by atoms with Crippen molar-refractivity contribution in [1.82, 2.24) is 5.32 Å². The van der Waals surface area contributed by atoms with Crippen molar-refractivity contribution in [2.75, 3.05) is 13.7 Å². The molecule has 118 valence electrons. The quantitative estimate of drug-likeness (QED) is 0.738. The molecule has 1 aliphatic carbocycles. The number of benzene rings is 1. The van der Waals surface area contributed by atoms with E-state index in [1.807, 2.05) is 7.11 Å². The molecule has 2 nitrogen and oxygen atoms in total. The lowest BCUT2D eigenvalue weighted by Gasteiger charge is -2.43. The van der Waals surface area contributed by atoms with Crippen LogP contribution in [0, 0.1) is 0 Å². The summed E-state index contributed by atoms with van der Waals surface area (Å²) in [4.78, 5) is 0. The fraction of sp³-hybridized carbons (Fsp3) is 0.684. The normalized spacial score (nSPS) is 18.2. The van der Waals surface area contributed by atoms with Crippen molar-refractivity contribution in [3.8, 4) is 0 Å². The molecular weight excluding hydrogens is 258 g/mol. The molecule has 1 unspecified atom stereocenters. The third kappa shape index (κ3) is 4.55. The monoisotopic (exact) mass is 289 g/mol. The number of hydrogen-bond donors (Lipinski definition) is 1.